The van der Waals surface area contributed by atoms with Crippen LogP contribution in [0.5, 0.6) is 0 Å². The highest BCUT2D eigenvalue weighted by Gasteiger charge is 2.36. The zero-order valence-corrected chi connectivity index (χ0v) is 8.62. The van der Waals surface area contributed by atoms with Crippen LogP contribution in [0.15, 0.2) is 0 Å². The minimum atomic E-state index is -0.241. The van der Waals surface area contributed by atoms with Gasteiger partial charge in [0.25, 0.3) is 0 Å². The maximum atomic E-state index is 11.2. The van der Waals surface area contributed by atoms with E-state index in [1.807, 2.05) is 6.92 Å². The molecule has 1 aliphatic rings. The third-order valence-electron chi connectivity index (χ3n) is 2.49. The first kappa shape index (κ1) is 11.0. The van der Waals surface area contributed by atoms with Crippen LogP contribution in [-0.4, -0.2) is 25.2 Å². The minimum absolute atomic E-state index is 0.00606. The molecular weight excluding hydrogens is 184 g/mol. The molecule has 0 aromatic rings. The van der Waals surface area contributed by atoms with Crippen molar-refractivity contribution in [2.45, 2.75) is 26.7 Å². The Balaban J connectivity index is 2.44. The Kier molecular flexibility index (Phi) is 3.92. The fraction of sp³-hybridized carbons (Fsp3) is 0.800. The Hall–Kier alpha value is -1.06. The summed E-state index contributed by atoms with van der Waals surface area (Å²) in [5.41, 5.74) is 0. The molecule has 1 heterocycles. The zero-order valence-electron chi connectivity index (χ0n) is 8.62. The lowest BCUT2D eigenvalue weighted by Gasteiger charge is -2.11. The third-order valence-corrected chi connectivity index (χ3v) is 2.49. The third kappa shape index (κ3) is 2.47. The van der Waals surface area contributed by atoms with E-state index in [2.05, 4.69) is 0 Å². The molecule has 0 aromatic heterocycles. The molecule has 0 aromatic carbocycles. The van der Waals surface area contributed by atoms with Crippen molar-refractivity contribution in [1.82, 2.24) is 0 Å². The van der Waals surface area contributed by atoms with Gasteiger partial charge in [0, 0.05) is 5.92 Å². The van der Waals surface area contributed by atoms with Crippen molar-refractivity contribution in [1.29, 1.82) is 0 Å². The molecule has 1 fully saturated rings. The molecule has 0 amide bonds. The van der Waals surface area contributed by atoms with Crippen molar-refractivity contribution in [3.63, 3.8) is 0 Å². The van der Waals surface area contributed by atoms with E-state index in [4.69, 9.17) is 9.47 Å². The molecule has 0 aliphatic carbocycles. The highest BCUT2D eigenvalue weighted by Crippen LogP contribution is 2.27. The molecule has 4 nitrogen and oxygen atoms in total. The van der Waals surface area contributed by atoms with E-state index in [1.165, 1.54) is 0 Å². The molecule has 14 heavy (non-hydrogen) atoms. The fourth-order valence-electron chi connectivity index (χ4n) is 1.74. The summed E-state index contributed by atoms with van der Waals surface area (Å²) >= 11 is 0. The summed E-state index contributed by atoms with van der Waals surface area (Å²) in [5, 5.41) is 0. The van der Waals surface area contributed by atoms with Crippen molar-refractivity contribution in [2.24, 2.45) is 11.8 Å². The number of carbonyl (C=O) groups excluding carboxylic acids is 2. The van der Waals surface area contributed by atoms with E-state index in [-0.39, 0.29) is 30.2 Å². The number of hydrogen-bond acceptors (Lipinski definition) is 4. The molecule has 1 rings (SSSR count). The van der Waals surface area contributed by atoms with Crippen LogP contribution in [0.25, 0.3) is 0 Å². The van der Waals surface area contributed by atoms with Crippen LogP contribution in [0.4, 0.5) is 0 Å². The van der Waals surface area contributed by atoms with E-state index in [9.17, 15) is 9.59 Å². The maximum Gasteiger partial charge on any atom is 0.309 e. The van der Waals surface area contributed by atoms with Gasteiger partial charge in [-0.2, -0.15) is 0 Å². The zero-order chi connectivity index (χ0) is 10.6. The lowest BCUT2D eigenvalue weighted by molar-refractivity contribution is -0.144. The van der Waals surface area contributed by atoms with E-state index < -0.39 is 0 Å². The van der Waals surface area contributed by atoms with Gasteiger partial charge < -0.3 is 9.47 Å². The van der Waals surface area contributed by atoms with E-state index >= 15 is 0 Å². The minimum Gasteiger partial charge on any atom is -0.466 e. The smallest absolute Gasteiger partial charge is 0.309 e. The molecule has 1 aliphatic heterocycles. The molecule has 0 spiro atoms. The predicted molar refractivity (Wildman–Crippen MR) is 49.5 cm³/mol. The van der Waals surface area contributed by atoms with Crippen molar-refractivity contribution in [3.05, 3.63) is 0 Å². The number of carbonyl (C=O) groups is 2. The van der Waals surface area contributed by atoms with Crippen LogP contribution in [-0.2, 0) is 19.1 Å². The standard InChI is InChI=1S/C10H16O4/c1-3-8-7(6-14-10(8)12)5-9(11)13-4-2/h7-8H,3-6H2,1-2H3/t7-,8-/m1/s1. The molecule has 1 saturated heterocycles. The van der Waals surface area contributed by atoms with Gasteiger partial charge >= 0.3 is 11.9 Å². The highest BCUT2D eigenvalue weighted by atomic mass is 16.5. The topological polar surface area (TPSA) is 52.6 Å². The van der Waals surface area contributed by atoms with Crippen LogP contribution in [0.2, 0.25) is 0 Å². The summed E-state index contributed by atoms with van der Waals surface area (Å²) in [6.45, 7) is 4.44. The second-order valence-corrected chi connectivity index (χ2v) is 3.41. The SMILES string of the molecule is CCOC(=O)C[C@@H]1COC(=O)[C@@H]1CC. The number of esters is 2. The first-order valence-electron chi connectivity index (χ1n) is 5.01. The Bertz CT molecular complexity index is 224. The van der Waals surface area contributed by atoms with Gasteiger partial charge in [-0.1, -0.05) is 6.92 Å². The summed E-state index contributed by atoms with van der Waals surface area (Å²) in [4.78, 5) is 22.4. The normalized spacial score (nSPS) is 26.0. The van der Waals surface area contributed by atoms with Gasteiger partial charge in [0.05, 0.1) is 25.6 Å². The van der Waals surface area contributed by atoms with Crippen molar-refractivity contribution in [2.75, 3.05) is 13.2 Å². The molecule has 0 saturated carbocycles. The second kappa shape index (κ2) is 4.98. The van der Waals surface area contributed by atoms with Crippen LogP contribution >= 0.6 is 0 Å². The number of ether oxygens (including phenoxy) is 2. The number of hydrogen-bond donors (Lipinski definition) is 0. The molecule has 0 bridgehead atoms. The molecular formula is C10H16O4. The molecule has 0 N–H and O–H groups in total. The highest BCUT2D eigenvalue weighted by molar-refractivity contribution is 5.77. The van der Waals surface area contributed by atoms with Crippen molar-refractivity contribution in [3.8, 4) is 0 Å². The molecule has 80 valence electrons. The summed E-state index contributed by atoms with van der Waals surface area (Å²) in [6.07, 6.45) is 1.01. The first-order chi connectivity index (χ1) is 6.69. The lowest BCUT2D eigenvalue weighted by Crippen LogP contribution is -2.19. The Morgan fingerprint density at radius 1 is 1.57 bits per heavy atom. The average Bonchev–Trinajstić information content (AvgIpc) is 2.47. The van der Waals surface area contributed by atoms with Gasteiger partial charge in [0.1, 0.15) is 0 Å². The summed E-state index contributed by atoms with van der Waals surface area (Å²) in [6, 6.07) is 0. The van der Waals surface area contributed by atoms with Gasteiger partial charge in [-0.15, -0.1) is 0 Å². The van der Waals surface area contributed by atoms with Gasteiger partial charge in [-0.3, -0.25) is 9.59 Å². The van der Waals surface area contributed by atoms with E-state index in [1.54, 1.807) is 6.92 Å². The van der Waals surface area contributed by atoms with Crippen LogP contribution in [0, 0.1) is 11.8 Å². The number of cyclic esters (lactones) is 1. The average molecular weight is 200 g/mol. The van der Waals surface area contributed by atoms with Gasteiger partial charge in [0.15, 0.2) is 0 Å². The predicted octanol–water partition coefficient (Wildman–Crippen LogP) is 1.14. The summed E-state index contributed by atoms with van der Waals surface area (Å²) < 4.78 is 9.73. The molecule has 4 heteroatoms. The summed E-state index contributed by atoms with van der Waals surface area (Å²) in [5.74, 6) is -0.540. The largest absolute Gasteiger partial charge is 0.466 e. The number of rotatable bonds is 4. The second-order valence-electron chi connectivity index (χ2n) is 3.41. The van der Waals surface area contributed by atoms with Crippen LogP contribution in [0.3, 0.4) is 0 Å². The van der Waals surface area contributed by atoms with Gasteiger partial charge in [-0.25, -0.2) is 0 Å². The van der Waals surface area contributed by atoms with Crippen LogP contribution in [0.1, 0.15) is 26.7 Å². The monoisotopic (exact) mass is 200 g/mol. The summed E-state index contributed by atoms with van der Waals surface area (Å²) in [7, 11) is 0. The van der Waals surface area contributed by atoms with E-state index in [0.29, 0.717) is 13.2 Å². The lowest BCUT2D eigenvalue weighted by atomic mass is 9.90. The van der Waals surface area contributed by atoms with Crippen molar-refractivity contribution < 1.29 is 19.1 Å². The Labute approximate surface area is 83.6 Å². The Morgan fingerprint density at radius 2 is 2.29 bits per heavy atom. The van der Waals surface area contributed by atoms with Gasteiger partial charge in [0.2, 0.25) is 0 Å². The first-order valence-corrected chi connectivity index (χ1v) is 5.01. The maximum absolute atomic E-state index is 11.2. The van der Waals surface area contributed by atoms with Gasteiger partial charge in [-0.05, 0) is 13.3 Å². The van der Waals surface area contributed by atoms with Crippen LogP contribution < -0.4 is 0 Å². The Morgan fingerprint density at radius 3 is 2.86 bits per heavy atom. The van der Waals surface area contributed by atoms with Crippen molar-refractivity contribution >= 4 is 11.9 Å². The fourth-order valence-corrected chi connectivity index (χ4v) is 1.74. The quantitative estimate of drug-likeness (QED) is 0.638. The molecule has 0 radical (unpaired) electrons. The molecule has 2 atom stereocenters. The van der Waals surface area contributed by atoms with E-state index in [0.717, 1.165) is 6.42 Å². The molecule has 0 unspecified atom stereocenters.